The summed E-state index contributed by atoms with van der Waals surface area (Å²) < 4.78 is 5.51. The van der Waals surface area contributed by atoms with Crippen molar-refractivity contribution in [3.05, 3.63) is 35.4 Å². The maximum Gasteiger partial charge on any atom is 0.224 e. The van der Waals surface area contributed by atoms with E-state index in [-0.39, 0.29) is 5.76 Å². The fraction of sp³-hybridized carbons (Fsp3) is 0.312. The molecule has 0 aliphatic heterocycles. The fourth-order valence-electron chi connectivity index (χ4n) is 1.61. The Bertz CT molecular complexity index is 611. The number of nitrogens with zero attached hydrogens (tertiary/aromatic N) is 1. The number of nitriles is 1. The molecule has 1 rings (SSSR count). The Balaban J connectivity index is 2.99. The molecule has 0 saturated carbocycles. The second-order valence-corrected chi connectivity index (χ2v) is 4.56. The summed E-state index contributed by atoms with van der Waals surface area (Å²) in [5.41, 5.74) is 1.23. The Morgan fingerprint density at radius 3 is 2.76 bits per heavy atom. The van der Waals surface area contributed by atoms with Gasteiger partial charge < -0.3 is 9.84 Å². The molecular formula is C16H17NO4. The van der Waals surface area contributed by atoms with Gasteiger partial charge in [0.1, 0.15) is 11.5 Å². The van der Waals surface area contributed by atoms with Crippen molar-refractivity contribution in [3.63, 3.8) is 0 Å². The van der Waals surface area contributed by atoms with Crippen molar-refractivity contribution in [1.82, 2.24) is 0 Å². The summed E-state index contributed by atoms with van der Waals surface area (Å²) in [6.07, 6.45) is 1.84. The van der Waals surface area contributed by atoms with Crippen molar-refractivity contribution in [2.24, 2.45) is 0 Å². The maximum atomic E-state index is 11.4. The Kier molecular flexibility index (Phi) is 6.15. The minimum absolute atomic E-state index is 0.311. The predicted octanol–water partition coefficient (Wildman–Crippen LogP) is 2.73. The molecule has 21 heavy (non-hydrogen) atoms. The first-order chi connectivity index (χ1) is 9.95. The van der Waals surface area contributed by atoms with Gasteiger partial charge in [-0.1, -0.05) is 11.6 Å². The molecule has 0 bridgehead atoms. The summed E-state index contributed by atoms with van der Waals surface area (Å²) in [7, 11) is 0. The zero-order valence-electron chi connectivity index (χ0n) is 12.0. The van der Waals surface area contributed by atoms with Crippen LogP contribution in [0.15, 0.2) is 24.3 Å². The standard InChI is InChI=1S/C16H17NO4/c1-11-5-6-16(21-8-4-3-7-17)13(9-11)15(20)10-14(19)12(2)18/h5-6,9-10,20H,3-4,8H2,1-2H3. The number of allylic oxidation sites excluding steroid dienone is 1. The molecule has 0 aliphatic carbocycles. The molecule has 0 radical (unpaired) electrons. The molecule has 0 unspecified atom stereocenters. The second kappa shape index (κ2) is 7.85. The van der Waals surface area contributed by atoms with E-state index in [4.69, 9.17) is 10.00 Å². The van der Waals surface area contributed by atoms with Gasteiger partial charge in [-0.15, -0.1) is 0 Å². The van der Waals surface area contributed by atoms with Crippen LogP contribution in [-0.2, 0) is 9.59 Å². The lowest BCUT2D eigenvalue weighted by molar-refractivity contribution is -0.132. The lowest BCUT2D eigenvalue weighted by Gasteiger charge is -2.11. The van der Waals surface area contributed by atoms with Gasteiger partial charge in [0, 0.05) is 19.4 Å². The number of unbranched alkanes of at least 4 members (excludes halogenated alkanes) is 1. The van der Waals surface area contributed by atoms with Crippen LogP contribution >= 0.6 is 0 Å². The summed E-state index contributed by atoms with van der Waals surface area (Å²) in [5, 5.41) is 18.5. The van der Waals surface area contributed by atoms with Crippen LogP contribution < -0.4 is 4.74 Å². The second-order valence-electron chi connectivity index (χ2n) is 4.56. The van der Waals surface area contributed by atoms with E-state index < -0.39 is 11.6 Å². The normalized spacial score (nSPS) is 10.8. The SMILES string of the molecule is CC(=O)C(=O)C=C(O)c1cc(C)ccc1OCCCC#N. The van der Waals surface area contributed by atoms with Crippen molar-refractivity contribution in [2.75, 3.05) is 6.61 Å². The molecule has 5 nitrogen and oxygen atoms in total. The summed E-state index contributed by atoms with van der Waals surface area (Å²) in [6, 6.07) is 7.17. The smallest absolute Gasteiger partial charge is 0.224 e. The maximum absolute atomic E-state index is 11.4. The third kappa shape index (κ3) is 5.11. The lowest BCUT2D eigenvalue weighted by atomic mass is 10.1. The molecule has 110 valence electrons. The lowest BCUT2D eigenvalue weighted by Crippen LogP contribution is -2.07. The Labute approximate surface area is 123 Å². The van der Waals surface area contributed by atoms with Crippen molar-refractivity contribution in [3.8, 4) is 11.8 Å². The third-order valence-electron chi connectivity index (χ3n) is 2.72. The molecule has 0 aliphatic rings. The zero-order chi connectivity index (χ0) is 15.8. The topological polar surface area (TPSA) is 87.4 Å². The van der Waals surface area contributed by atoms with Gasteiger partial charge in [-0.2, -0.15) is 5.26 Å². The van der Waals surface area contributed by atoms with Gasteiger partial charge >= 0.3 is 0 Å². The third-order valence-corrected chi connectivity index (χ3v) is 2.72. The predicted molar refractivity (Wildman–Crippen MR) is 77.8 cm³/mol. The number of benzene rings is 1. The van der Waals surface area contributed by atoms with E-state index in [2.05, 4.69) is 0 Å². The van der Waals surface area contributed by atoms with E-state index in [1.807, 2.05) is 19.1 Å². The number of hydrogen-bond acceptors (Lipinski definition) is 5. The van der Waals surface area contributed by atoms with Gasteiger partial charge in [-0.3, -0.25) is 9.59 Å². The summed E-state index contributed by atoms with van der Waals surface area (Å²) in [6.45, 7) is 3.31. The summed E-state index contributed by atoms with van der Waals surface area (Å²) in [5.74, 6) is -1.33. The number of carbonyl (C=O) groups is 2. The number of ketones is 2. The van der Waals surface area contributed by atoms with Gasteiger partial charge in [0.2, 0.25) is 5.78 Å². The number of aliphatic hydroxyl groups excluding tert-OH is 1. The molecule has 1 N–H and O–H groups in total. The number of carbonyl (C=O) groups excluding carboxylic acids is 2. The number of hydrogen-bond donors (Lipinski definition) is 1. The Hall–Kier alpha value is -2.61. The van der Waals surface area contributed by atoms with Crippen LogP contribution in [0.4, 0.5) is 0 Å². The molecule has 0 spiro atoms. The molecule has 1 aromatic rings. The van der Waals surface area contributed by atoms with Gasteiger partial charge in [-0.05, 0) is 25.5 Å². The van der Waals surface area contributed by atoms with Crippen molar-refractivity contribution in [2.45, 2.75) is 26.7 Å². The monoisotopic (exact) mass is 287 g/mol. The number of rotatable bonds is 7. The molecule has 0 saturated heterocycles. The highest BCUT2D eigenvalue weighted by Gasteiger charge is 2.12. The average Bonchev–Trinajstić information content (AvgIpc) is 2.44. The molecule has 0 amide bonds. The van der Waals surface area contributed by atoms with Crippen molar-refractivity contribution in [1.29, 1.82) is 5.26 Å². The van der Waals surface area contributed by atoms with E-state index in [9.17, 15) is 14.7 Å². The van der Waals surface area contributed by atoms with Crippen molar-refractivity contribution >= 4 is 17.3 Å². The first-order valence-electron chi connectivity index (χ1n) is 6.52. The first-order valence-corrected chi connectivity index (χ1v) is 6.52. The highest BCUT2D eigenvalue weighted by molar-refractivity contribution is 6.41. The van der Waals surface area contributed by atoms with E-state index in [1.54, 1.807) is 12.1 Å². The largest absolute Gasteiger partial charge is 0.507 e. The van der Waals surface area contributed by atoms with Crippen molar-refractivity contribution < 1.29 is 19.4 Å². The highest BCUT2D eigenvalue weighted by Crippen LogP contribution is 2.26. The zero-order valence-corrected chi connectivity index (χ0v) is 12.0. The van der Waals surface area contributed by atoms with Crippen LogP contribution in [0.3, 0.4) is 0 Å². The molecule has 5 heteroatoms. The van der Waals surface area contributed by atoms with E-state index in [0.717, 1.165) is 18.6 Å². The number of ether oxygens (including phenoxy) is 1. The Morgan fingerprint density at radius 2 is 2.14 bits per heavy atom. The minimum Gasteiger partial charge on any atom is -0.507 e. The van der Waals surface area contributed by atoms with Gasteiger partial charge in [-0.25, -0.2) is 0 Å². The molecule has 0 aromatic heterocycles. The molecule has 0 atom stereocenters. The molecular weight excluding hydrogens is 270 g/mol. The quantitative estimate of drug-likeness (QED) is 0.360. The van der Waals surface area contributed by atoms with Crippen LogP contribution in [0.5, 0.6) is 5.75 Å². The number of aliphatic hydroxyl groups is 1. The van der Waals surface area contributed by atoms with Gasteiger partial charge in [0.05, 0.1) is 18.2 Å². The van der Waals surface area contributed by atoms with Gasteiger partial charge in [0.25, 0.3) is 0 Å². The van der Waals surface area contributed by atoms with E-state index in [0.29, 0.717) is 30.8 Å². The first kappa shape index (κ1) is 16.4. The van der Waals surface area contributed by atoms with E-state index in [1.165, 1.54) is 0 Å². The number of aryl methyl sites for hydroxylation is 1. The number of Topliss-reactive ketones (excluding diaryl/α,β-unsaturated/α-hetero) is 1. The van der Waals surface area contributed by atoms with E-state index >= 15 is 0 Å². The fourth-order valence-corrected chi connectivity index (χ4v) is 1.61. The van der Waals surface area contributed by atoms with Crippen LogP contribution in [-0.4, -0.2) is 23.3 Å². The highest BCUT2D eigenvalue weighted by atomic mass is 16.5. The van der Waals surface area contributed by atoms with Crippen LogP contribution in [0.2, 0.25) is 0 Å². The van der Waals surface area contributed by atoms with Gasteiger partial charge in [0.15, 0.2) is 5.78 Å². The van der Waals surface area contributed by atoms with Crippen LogP contribution in [0.1, 0.15) is 30.9 Å². The Morgan fingerprint density at radius 1 is 1.43 bits per heavy atom. The van der Waals surface area contributed by atoms with Crippen LogP contribution in [0, 0.1) is 18.3 Å². The molecule has 0 fully saturated rings. The average molecular weight is 287 g/mol. The molecule has 1 aromatic carbocycles. The summed E-state index contributed by atoms with van der Waals surface area (Å²) >= 11 is 0. The summed E-state index contributed by atoms with van der Waals surface area (Å²) in [4.78, 5) is 22.3. The minimum atomic E-state index is -0.774. The van der Waals surface area contributed by atoms with Crippen LogP contribution in [0.25, 0.3) is 5.76 Å². The molecule has 0 heterocycles.